The van der Waals surface area contributed by atoms with E-state index in [1.54, 1.807) is 7.11 Å². The summed E-state index contributed by atoms with van der Waals surface area (Å²) in [5, 5.41) is 0. The molecule has 170 valence electrons. The summed E-state index contributed by atoms with van der Waals surface area (Å²) in [4.78, 5) is 18.0. The summed E-state index contributed by atoms with van der Waals surface area (Å²) in [5.41, 5.74) is 3.08. The van der Waals surface area contributed by atoms with E-state index >= 15 is 0 Å². The van der Waals surface area contributed by atoms with Gasteiger partial charge in [0.2, 0.25) is 0 Å². The summed E-state index contributed by atoms with van der Waals surface area (Å²) in [6, 6.07) is 24.8. The molecule has 2 saturated heterocycles. The zero-order chi connectivity index (χ0) is 22.8. The van der Waals surface area contributed by atoms with Crippen LogP contribution < -0.4 is 4.74 Å². The van der Waals surface area contributed by atoms with Crippen LogP contribution in [0.25, 0.3) is 0 Å². The highest BCUT2D eigenvalue weighted by atomic mass is 19.1. The highest BCUT2D eigenvalue weighted by Crippen LogP contribution is 2.43. The molecule has 5 rings (SSSR count). The number of hydrogen-bond acceptors (Lipinski definition) is 3. The van der Waals surface area contributed by atoms with E-state index in [0.29, 0.717) is 12.5 Å². The summed E-state index contributed by atoms with van der Waals surface area (Å²) in [5.74, 6) is 1.33. The third-order valence-corrected chi connectivity index (χ3v) is 7.14. The molecule has 2 heterocycles. The van der Waals surface area contributed by atoms with Crippen LogP contribution in [0.3, 0.4) is 0 Å². The Hall–Kier alpha value is -3.18. The van der Waals surface area contributed by atoms with Crippen LogP contribution in [-0.2, 0) is 6.54 Å². The standard InChI is InChI=1S/C28H29FN2O2/c1-33-24-9-5-8-22(16-24)25-19-31(28(32)21-6-3-2-4-7-21)27-14-15-30(18-26(25)27)17-20-10-12-23(29)13-11-20/h2-13,16,25-27H,14-15,17-19H2,1H3/t25-,26-,27-/m1/s1. The lowest BCUT2D eigenvalue weighted by molar-refractivity contribution is 0.0614. The van der Waals surface area contributed by atoms with Crippen molar-refractivity contribution < 1.29 is 13.9 Å². The molecule has 2 fully saturated rings. The molecule has 3 atom stereocenters. The van der Waals surface area contributed by atoms with Gasteiger partial charge in [-0.05, 0) is 53.9 Å². The van der Waals surface area contributed by atoms with Crippen molar-refractivity contribution in [2.45, 2.75) is 24.9 Å². The number of nitrogens with zero attached hydrogens (tertiary/aromatic N) is 2. The number of benzene rings is 3. The van der Waals surface area contributed by atoms with Gasteiger partial charge in [-0.3, -0.25) is 9.69 Å². The molecule has 3 aromatic rings. The smallest absolute Gasteiger partial charge is 0.254 e. The molecule has 0 unspecified atom stereocenters. The second kappa shape index (κ2) is 9.36. The molecule has 2 aliphatic heterocycles. The molecule has 4 nitrogen and oxygen atoms in total. The first-order valence-corrected chi connectivity index (χ1v) is 11.6. The van der Waals surface area contributed by atoms with Crippen LogP contribution in [0.15, 0.2) is 78.9 Å². The van der Waals surface area contributed by atoms with Crippen molar-refractivity contribution in [1.29, 1.82) is 0 Å². The first-order valence-electron chi connectivity index (χ1n) is 11.6. The number of hydrogen-bond donors (Lipinski definition) is 0. The number of ether oxygens (including phenoxy) is 1. The monoisotopic (exact) mass is 444 g/mol. The third-order valence-electron chi connectivity index (χ3n) is 7.14. The van der Waals surface area contributed by atoms with Gasteiger partial charge in [0.25, 0.3) is 5.91 Å². The molecule has 33 heavy (non-hydrogen) atoms. The fourth-order valence-electron chi connectivity index (χ4n) is 5.50. The highest BCUT2D eigenvalue weighted by Gasteiger charge is 2.47. The van der Waals surface area contributed by atoms with Crippen LogP contribution >= 0.6 is 0 Å². The Bertz CT molecular complexity index is 1100. The lowest BCUT2D eigenvalue weighted by atomic mass is 9.81. The zero-order valence-corrected chi connectivity index (χ0v) is 18.9. The van der Waals surface area contributed by atoms with E-state index in [4.69, 9.17) is 4.74 Å². The molecule has 1 amide bonds. The van der Waals surface area contributed by atoms with Crippen molar-refractivity contribution in [3.8, 4) is 5.75 Å². The summed E-state index contributed by atoms with van der Waals surface area (Å²) in [6.07, 6.45) is 0.935. The van der Waals surface area contributed by atoms with E-state index in [1.807, 2.05) is 54.6 Å². The topological polar surface area (TPSA) is 32.8 Å². The molecule has 0 bridgehead atoms. The van der Waals surface area contributed by atoms with Gasteiger partial charge >= 0.3 is 0 Å². The van der Waals surface area contributed by atoms with Gasteiger partial charge in [-0.25, -0.2) is 4.39 Å². The molecule has 5 heteroatoms. The average Bonchev–Trinajstić information content (AvgIpc) is 3.24. The minimum Gasteiger partial charge on any atom is -0.497 e. The lowest BCUT2D eigenvalue weighted by Gasteiger charge is -2.39. The Balaban J connectivity index is 1.42. The van der Waals surface area contributed by atoms with Gasteiger partial charge in [0, 0.05) is 49.6 Å². The number of likely N-dealkylation sites (tertiary alicyclic amines) is 2. The summed E-state index contributed by atoms with van der Waals surface area (Å²) < 4.78 is 18.8. The maximum Gasteiger partial charge on any atom is 0.254 e. The van der Waals surface area contributed by atoms with Crippen LogP contribution in [0, 0.1) is 11.7 Å². The Morgan fingerprint density at radius 2 is 1.79 bits per heavy atom. The molecular weight excluding hydrogens is 415 g/mol. The van der Waals surface area contributed by atoms with Crippen molar-refractivity contribution in [1.82, 2.24) is 9.80 Å². The quantitative estimate of drug-likeness (QED) is 0.557. The maximum absolute atomic E-state index is 13.5. The van der Waals surface area contributed by atoms with Crippen molar-refractivity contribution >= 4 is 5.91 Å². The number of fused-ring (bicyclic) bond motifs is 1. The van der Waals surface area contributed by atoms with E-state index in [-0.39, 0.29) is 23.7 Å². The number of carbonyl (C=O) groups is 1. The molecule has 0 spiro atoms. The van der Waals surface area contributed by atoms with E-state index in [0.717, 1.165) is 42.9 Å². The first-order chi connectivity index (χ1) is 16.1. The second-order valence-corrected chi connectivity index (χ2v) is 9.09. The van der Waals surface area contributed by atoms with Crippen molar-refractivity contribution in [3.05, 3.63) is 101 Å². The predicted molar refractivity (Wildman–Crippen MR) is 127 cm³/mol. The number of rotatable bonds is 5. The van der Waals surface area contributed by atoms with Crippen molar-refractivity contribution in [3.63, 3.8) is 0 Å². The Morgan fingerprint density at radius 3 is 2.55 bits per heavy atom. The van der Waals surface area contributed by atoms with E-state index in [2.05, 4.69) is 21.9 Å². The van der Waals surface area contributed by atoms with Crippen LogP contribution in [-0.4, -0.2) is 48.5 Å². The molecule has 0 radical (unpaired) electrons. The normalized spacial score (nSPS) is 22.7. The van der Waals surface area contributed by atoms with Crippen LogP contribution in [0.4, 0.5) is 4.39 Å². The maximum atomic E-state index is 13.5. The van der Waals surface area contributed by atoms with Gasteiger partial charge in [-0.2, -0.15) is 0 Å². The number of amides is 1. The molecule has 0 aliphatic carbocycles. The molecule has 0 N–H and O–H groups in total. The molecular formula is C28H29FN2O2. The average molecular weight is 445 g/mol. The zero-order valence-electron chi connectivity index (χ0n) is 18.9. The van der Waals surface area contributed by atoms with Gasteiger partial charge in [0.1, 0.15) is 11.6 Å². The number of piperidine rings is 1. The highest BCUT2D eigenvalue weighted by molar-refractivity contribution is 5.94. The Morgan fingerprint density at radius 1 is 1.00 bits per heavy atom. The molecule has 3 aromatic carbocycles. The van der Waals surface area contributed by atoms with E-state index < -0.39 is 0 Å². The SMILES string of the molecule is COc1cccc([C@H]2CN(C(=O)c3ccccc3)[C@@H]3CCN(Cc4ccc(F)cc4)C[C@H]23)c1. The number of methoxy groups -OCH3 is 1. The van der Waals surface area contributed by atoms with Crippen LogP contribution in [0.1, 0.15) is 33.8 Å². The van der Waals surface area contributed by atoms with Gasteiger partial charge < -0.3 is 9.64 Å². The Labute approximate surface area is 194 Å². The van der Waals surface area contributed by atoms with Gasteiger partial charge in [-0.15, -0.1) is 0 Å². The third kappa shape index (κ3) is 4.51. The fraction of sp³-hybridized carbons (Fsp3) is 0.321. The second-order valence-electron chi connectivity index (χ2n) is 9.09. The largest absolute Gasteiger partial charge is 0.497 e. The minimum absolute atomic E-state index is 0.114. The van der Waals surface area contributed by atoms with Gasteiger partial charge in [-0.1, -0.05) is 42.5 Å². The summed E-state index contributed by atoms with van der Waals surface area (Å²) >= 11 is 0. The number of halogens is 1. The summed E-state index contributed by atoms with van der Waals surface area (Å²) in [7, 11) is 1.69. The molecule has 0 saturated carbocycles. The predicted octanol–water partition coefficient (Wildman–Crippen LogP) is 4.96. The lowest BCUT2D eigenvalue weighted by Crippen LogP contribution is -2.47. The van der Waals surface area contributed by atoms with E-state index in [9.17, 15) is 9.18 Å². The minimum atomic E-state index is -0.207. The van der Waals surface area contributed by atoms with Crippen molar-refractivity contribution in [2.75, 3.05) is 26.7 Å². The van der Waals surface area contributed by atoms with Crippen LogP contribution in [0.2, 0.25) is 0 Å². The molecule has 0 aromatic heterocycles. The van der Waals surface area contributed by atoms with Gasteiger partial charge in [0.05, 0.1) is 7.11 Å². The first kappa shape index (κ1) is 21.7. The summed E-state index contributed by atoms with van der Waals surface area (Å²) in [6.45, 7) is 3.33. The molecule has 2 aliphatic rings. The van der Waals surface area contributed by atoms with Gasteiger partial charge in [0.15, 0.2) is 0 Å². The van der Waals surface area contributed by atoms with E-state index in [1.165, 1.54) is 17.7 Å². The number of carbonyl (C=O) groups excluding carboxylic acids is 1. The Kier molecular flexibility index (Phi) is 6.14. The van der Waals surface area contributed by atoms with Crippen molar-refractivity contribution in [2.24, 2.45) is 5.92 Å². The fourth-order valence-corrected chi connectivity index (χ4v) is 5.50. The van der Waals surface area contributed by atoms with Crippen LogP contribution in [0.5, 0.6) is 5.75 Å².